The van der Waals surface area contributed by atoms with Gasteiger partial charge in [0.15, 0.2) is 0 Å². The molecule has 2 N–H and O–H groups in total. The quantitative estimate of drug-likeness (QED) is 0.284. The fraction of sp³-hybridized carbons (Fsp3) is 0.143. The van der Waals surface area contributed by atoms with E-state index in [0.29, 0.717) is 0 Å². The van der Waals surface area contributed by atoms with Gasteiger partial charge in [-0.05, 0) is 37.1 Å². The molecule has 0 atom stereocenters. The lowest BCUT2D eigenvalue weighted by molar-refractivity contribution is -0.646. The molecule has 0 amide bonds. The summed E-state index contributed by atoms with van der Waals surface area (Å²) in [5.74, 6) is 0. The zero-order valence-electron chi connectivity index (χ0n) is 17.8. The summed E-state index contributed by atoms with van der Waals surface area (Å²) in [5, 5.41) is 8.45. The maximum Gasteiger partial charge on any atom is 0.0801 e. The van der Waals surface area contributed by atoms with Gasteiger partial charge in [-0.2, -0.15) is 0 Å². The van der Waals surface area contributed by atoms with E-state index in [2.05, 4.69) is 127 Å². The summed E-state index contributed by atoms with van der Waals surface area (Å²) in [5.41, 5.74) is 0. The lowest BCUT2D eigenvalue weighted by atomic mass is 10.4. The molecule has 31 heavy (non-hydrogen) atoms. The largest absolute Gasteiger partial charge is 0.346 e. The van der Waals surface area contributed by atoms with Crippen LogP contribution in [0.15, 0.2) is 121 Å². The van der Waals surface area contributed by atoms with Crippen LogP contribution in [0.25, 0.3) is 0 Å². The maximum absolute atomic E-state index is 2.53. The van der Waals surface area contributed by atoms with Crippen LogP contribution in [0.4, 0.5) is 0 Å². The molecule has 4 rings (SSSR count). The van der Waals surface area contributed by atoms with Gasteiger partial charge in [-0.15, -0.1) is 0 Å². The van der Waals surface area contributed by atoms with Gasteiger partial charge in [0, 0.05) is 12.3 Å². The molecule has 3 heteroatoms. The third-order valence-corrected chi connectivity index (χ3v) is 10.5. The Balaban J connectivity index is 1.37. The summed E-state index contributed by atoms with van der Waals surface area (Å²) in [6.45, 7) is 2.34. The number of hydrogen-bond donors (Lipinski definition) is 1. The molecule has 1 nitrogen and oxygen atoms in total. The molecule has 0 unspecified atom stereocenters. The van der Waals surface area contributed by atoms with Gasteiger partial charge in [-0.3, -0.25) is 0 Å². The highest BCUT2D eigenvalue weighted by atomic mass is 31.1. The second-order valence-electron chi connectivity index (χ2n) is 7.51. The molecule has 0 fully saturated rings. The first-order valence-corrected chi connectivity index (χ1v) is 14.0. The van der Waals surface area contributed by atoms with Crippen LogP contribution in [0.3, 0.4) is 0 Å². The van der Waals surface area contributed by atoms with Crippen LogP contribution in [0.2, 0.25) is 0 Å². The summed E-state index contributed by atoms with van der Waals surface area (Å²) in [6, 6.07) is 44.2. The van der Waals surface area contributed by atoms with Gasteiger partial charge >= 0.3 is 0 Å². The minimum Gasteiger partial charge on any atom is -0.346 e. The van der Waals surface area contributed by atoms with Gasteiger partial charge in [0.25, 0.3) is 0 Å². The average Bonchev–Trinajstić information content (AvgIpc) is 2.86. The molecule has 0 bridgehead atoms. The number of benzene rings is 4. The smallest absolute Gasteiger partial charge is 0.0801 e. The van der Waals surface area contributed by atoms with Gasteiger partial charge in [-0.1, -0.05) is 121 Å². The van der Waals surface area contributed by atoms with Crippen LogP contribution < -0.4 is 26.5 Å². The topological polar surface area (TPSA) is 16.6 Å². The lowest BCUT2D eigenvalue weighted by Crippen LogP contribution is -2.85. The van der Waals surface area contributed by atoms with E-state index in [1.165, 1.54) is 46.6 Å². The maximum atomic E-state index is 2.53. The number of quaternary nitrogens is 1. The number of hydrogen-bond acceptors (Lipinski definition) is 0. The molecule has 0 aliphatic heterocycles. The molecule has 0 spiro atoms. The molecule has 0 aliphatic carbocycles. The van der Waals surface area contributed by atoms with E-state index in [-0.39, 0.29) is 15.8 Å². The average molecular weight is 443 g/mol. The second-order valence-corrected chi connectivity index (χ2v) is 12.2. The van der Waals surface area contributed by atoms with E-state index in [4.69, 9.17) is 0 Å². The van der Waals surface area contributed by atoms with Crippen LogP contribution in [0, 0.1) is 0 Å². The minimum atomic E-state index is -0.296. The molecule has 0 heterocycles. The monoisotopic (exact) mass is 442 g/mol. The van der Waals surface area contributed by atoms with Crippen molar-refractivity contribution in [3.63, 3.8) is 0 Å². The van der Waals surface area contributed by atoms with Crippen molar-refractivity contribution in [1.82, 2.24) is 0 Å². The lowest BCUT2D eigenvalue weighted by Gasteiger charge is -2.20. The van der Waals surface area contributed by atoms with E-state index in [1.54, 1.807) is 0 Å². The highest BCUT2D eigenvalue weighted by Crippen LogP contribution is 2.33. The highest BCUT2D eigenvalue weighted by Gasteiger charge is 2.16. The summed E-state index contributed by atoms with van der Waals surface area (Å²) >= 11 is 0. The molecule has 0 saturated carbocycles. The molecule has 4 aromatic rings. The normalized spacial score (nSPS) is 11.2. The van der Waals surface area contributed by atoms with E-state index < -0.39 is 0 Å². The Morgan fingerprint density at radius 1 is 0.387 bits per heavy atom. The van der Waals surface area contributed by atoms with Crippen molar-refractivity contribution >= 4 is 37.1 Å². The third-order valence-electron chi connectivity index (χ3n) is 5.39. The Morgan fingerprint density at radius 3 is 0.903 bits per heavy atom. The minimum absolute atomic E-state index is 0.296. The summed E-state index contributed by atoms with van der Waals surface area (Å²) < 4.78 is 0. The molecule has 0 radical (unpaired) electrons. The Morgan fingerprint density at radius 2 is 0.645 bits per heavy atom. The predicted octanol–water partition coefficient (Wildman–Crippen LogP) is 3.82. The van der Waals surface area contributed by atoms with Crippen LogP contribution in [-0.2, 0) is 0 Å². The zero-order valence-corrected chi connectivity index (χ0v) is 19.6. The van der Waals surface area contributed by atoms with E-state index >= 15 is 0 Å². The Labute approximate surface area is 189 Å². The fourth-order valence-electron chi connectivity index (χ4n) is 3.83. The first-order valence-electron chi connectivity index (χ1n) is 11.0. The predicted molar refractivity (Wildman–Crippen MR) is 140 cm³/mol. The summed E-state index contributed by atoms with van der Waals surface area (Å²) in [4.78, 5) is 0. The van der Waals surface area contributed by atoms with Crippen molar-refractivity contribution in [1.29, 1.82) is 0 Å². The van der Waals surface area contributed by atoms with Crippen molar-refractivity contribution in [2.24, 2.45) is 0 Å². The molecule has 4 aromatic carbocycles. The first kappa shape index (κ1) is 21.9. The molecule has 156 valence electrons. The Bertz CT molecular complexity index is 844. The molecule has 0 aliphatic rings. The van der Waals surface area contributed by atoms with Crippen molar-refractivity contribution in [2.45, 2.75) is 0 Å². The molecular formula is C28H30NP2+. The van der Waals surface area contributed by atoms with Crippen molar-refractivity contribution in [3.8, 4) is 0 Å². The molecule has 0 aromatic heterocycles. The van der Waals surface area contributed by atoms with Gasteiger partial charge in [-0.25, -0.2) is 0 Å². The van der Waals surface area contributed by atoms with Gasteiger partial charge in [0.1, 0.15) is 0 Å². The Kier molecular flexibility index (Phi) is 8.43. The highest BCUT2D eigenvalue weighted by molar-refractivity contribution is 7.73. The van der Waals surface area contributed by atoms with Crippen LogP contribution >= 0.6 is 15.8 Å². The van der Waals surface area contributed by atoms with Gasteiger partial charge in [0.05, 0.1) is 13.1 Å². The first-order chi connectivity index (χ1) is 15.4. The van der Waals surface area contributed by atoms with Crippen molar-refractivity contribution in [2.75, 3.05) is 25.4 Å². The van der Waals surface area contributed by atoms with Gasteiger partial charge in [0.2, 0.25) is 0 Å². The fourth-order valence-corrected chi connectivity index (χ4v) is 8.47. The molecule has 0 saturated heterocycles. The Hall–Kier alpha value is -2.30. The molecular weight excluding hydrogens is 412 g/mol. The third kappa shape index (κ3) is 6.34. The zero-order chi connectivity index (χ0) is 21.1. The summed E-state index contributed by atoms with van der Waals surface area (Å²) in [6.07, 6.45) is 2.44. The van der Waals surface area contributed by atoms with Crippen LogP contribution in [0.1, 0.15) is 0 Å². The van der Waals surface area contributed by atoms with Crippen molar-refractivity contribution < 1.29 is 5.32 Å². The van der Waals surface area contributed by atoms with Gasteiger partial charge < -0.3 is 5.32 Å². The number of rotatable bonds is 10. The van der Waals surface area contributed by atoms with E-state index in [9.17, 15) is 0 Å². The number of nitrogens with two attached hydrogens (primary N) is 1. The van der Waals surface area contributed by atoms with Crippen LogP contribution in [0.5, 0.6) is 0 Å². The summed E-state index contributed by atoms with van der Waals surface area (Å²) in [7, 11) is -0.593. The standard InChI is InChI=1S/C28H29NP2/c1-5-13-25(14-6-1)30(26-15-7-2-8-16-26)23-21-29-22-24-31(27-17-9-3-10-18-27)28-19-11-4-12-20-28/h1-20,29H,21-24H2/p+1. The van der Waals surface area contributed by atoms with Crippen molar-refractivity contribution in [3.05, 3.63) is 121 Å². The SMILES string of the molecule is c1ccc(P(CC[NH2+]CCP(c2ccccc2)c2ccccc2)c2ccccc2)cc1. The second kappa shape index (κ2) is 11.9. The van der Waals surface area contributed by atoms with Crippen LogP contribution in [-0.4, -0.2) is 25.4 Å². The van der Waals surface area contributed by atoms with E-state index in [0.717, 1.165) is 0 Å². The van der Waals surface area contributed by atoms with E-state index in [1.807, 2.05) is 0 Å².